The molecule has 0 saturated carbocycles. The second-order valence-corrected chi connectivity index (χ2v) is 5.70. The molecule has 114 valence electrons. The first kappa shape index (κ1) is 15.6. The SMILES string of the molecule is CCCCCCCCCn1cc(-c2ccccc2N)cn1. The van der Waals surface area contributed by atoms with Gasteiger partial charge in [0, 0.05) is 29.6 Å². The number of nitrogen functional groups attached to an aromatic ring is 1. The van der Waals surface area contributed by atoms with Crippen LogP contribution in [-0.2, 0) is 6.54 Å². The fraction of sp³-hybridized carbons (Fsp3) is 0.500. The molecule has 0 bridgehead atoms. The lowest BCUT2D eigenvalue weighted by atomic mass is 10.1. The second kappa shape index (κ2) is 8.50. The van der Waals surface area contributed by atoms with Gasteiger partial charge < -0.3 is 5.73 Å². The molecule has 0 fully saturated rings. The van der Waals surface area contributed by atoms with Crippen LogP contribution >= 0.6 is 0 Å². The molecule has 21 heavy (non-hydrogen) atoms. The molecule has 0 aliphatic rings. The van der Waals surface area contributed by atoms with Crippen LogP contribution in [0.2, 0.25) is 0 Å². The maximum atomic E-state index is 6.00. The van der Waals surface area contributed by atoms with E-state index in [1.54, 1.807) is 0 Å². The maximum absolute atomic E-state index is 6.00. The van der Waals surface area contributed by atoms with Crippen molar-refractivity contribution >= 4 is 5.69 Å². The number of hydrogen-bond donors (Lipinski definition) is 1. The molecule has 3 nitrogen and oxygen atoms in total. The average Bonchev–Trinajstić information content (AvgIpc) is 2.95. The van der Waals surface area contributed by atoms with E-state index in [4.69, 9.17) is 5.73 Å². The number of aromatic nitrogens is 2. The lowest BCUT2D eigenvalue weighted by Crippen LogP contribution is -1.98. The summed E-state index contributed by atoms with van der Waals surface area (Å²) in [7, 11) is 0. The normalized spacial score (nSPS) is 10.9. The van der Waals surface area contributed by atoms with Gasteiger partial charge in [0.2, 0.25) is 0 Å². The summed E-state index contributed by atoms with van der Waals surface area (Å²) in [4.78, 5) is 0. The number of nitrogens with zero attached hydrogens (tertiary/aromatic N) is 2. The number of rotatable bonds is 9. The van der Waals surface area contributed by atoms with Crippen LogP contribution in [0.15, 0.2) is 36.7 Å². The Hall–Kier alpha value is -1.77. The molecule has 0 spiro atoms. The van der Waals surface area contributed by atoms with Crippen molar-refractivity contribution in [2.75, 3.05) is 5.73 Å². The molecule has 0 radical (unpaired) electrons. The van der Waals surface area contributed by atoms with E-state index < -0.39 is 0 Å². The summed E-state index contributed by atoms with van der Waals surface area (Å²) < 4.78 is 2.04. The Morgan fingerprint density at radius 1 is 1.00 bits per heavy atom. The maximum Gasteiger partial charge on any atom is 0.0569 e. The molecule has 0 saturated heterocycles. The molecule has 3 heteroatoms. The van der Waals surface area contributed by atoms with E-state index in [9.17, 15) is 0 Å². The van der Waals surface area contributed by atoms with Crippen LogP contribution < -0.4 is 5.73 Å². The lowest BCUT2D eigenvalue weighted by Gasteiger charge is -2.03. The molecule has 2 N–H and O–H groups in total. The summed E-state index contributed by atoms with van der Waals surface area (Å²) >= 11 is 0. The predicted molar refractivity (Wildman–Crippen MR) is 90.1 cm³/mol. The van der Waals surface area contributed by atoms with Gasteiger partial charge in [-0.1, -0.05) is 63.6 Å². The third-order valence-corrected chi connectivity index (χ3v) is 3.90. The minimum Gasteiger partial charge on any atom is -0.398 e. The number of para-hydroxylation sites is 1. The zero-order valence-electron chi connectivity index (χ0n) is 13.1. The first-order chi connectivity index (χ1) is 10.3. The van der Waals surface area contributed by atoms with Crippen LogP contribution in [0.5, 0.6) is 0 Å². The van der Waals surface area contributed by atoms with Crippen molar-refractivity contribution in [3.63, 3.8) is 0 Å². The highest BCUT2D eigenvalue weighted by molar-refractivity contribution is 5.75. The summed E-state index contributed by atoms with van der Waals surface area (Å²) in [5, 5.41) is 4.44. The van der Waals surface area contributed by atoms with Crippen molar-refractivity contribution in [1.29, 1.82) is 0 Å². The van der Waals surface area contributed by atoms with Crippen LogP contribution in [0.3, 0.4) is 0 Å². The number of hydrogen-bond acceptors (Lipinski definition) is 2. The minimum absolute atomic E-state index is 0.813. The van der Waals surface area contributed by atoms with Gasteiger partial charge in [-0.05, 0) is 12.5 Å². The Morgan fingerprint density at radius 3 is 2.48 bits per heavy atom. The van der Waals surface area contributed by atoms with Crippen LogP contribution in [0, 0.1) is 0 Å². The largest absolute Gasteiger partial charge is 0.398 e. The van der Waals surface area contributed by atoms with Gasteiger partial charge in [-0.25, -0.2) is 0 Å². The number of anilines is 1. The first-order valence-electron chi connectivity index (χ1n) is 8.18. The Bertz CT molecular complexity index is 531. The van der Waals surface area contributed by atoms with E-state index in [1.807, 2.05) is 35.1 Å². The van der Waals surface area contributed by atoms with Gasteiger partial charge in [-0.3, -0.25) is 4.68 Å². The lowest BCUT2D eigenvalue weighted by molar-refractivity contribution is 0.523. The van der Waals surface area contributed by atoms with Crippen molar-refractivity contribution < 1.29 is 0 Å². The highest BCUT2D eigenvalue weighted by Crippen LogP contribution is 2.24. The number of benzene rings is 1. The van der Waals surface area contributed by atoms with Gasteiger partial charge in [-0.2, -0.15) is 5.10 Å². The molecular formula is C18H27N3. The molecule has 2 rings (SSSR count). The van der Waals surface area contributed by atoms with E-state index in [-0.39, 0.29) is 0 Å². The van der Waals surface area contributed by atoms with E-state index >= 15 is 0 Å². The Balaban J connectivity index is 1.75. The highest BCUT2D eigenvalue weighted by atomic mass is 15.3. The van der Waals surface area contributed by atoms with Crippen LogP contribution in [-0.4, -0.2) is 9.78 Å². The molecule has 0 amide bonds. The molecule has 0 aliphatic heterocycles. The third kappa shape index (κ3) is 4.92. The second-order valence-electron chi connectivity index (χ2n) is 5.70. The molecule has 1 aromatic heterocycles. The van der Waals surface area contributed by atoms with Crippen LogP contribution in [0.25, 0.3) is 11.1 Å². The van der Waals surface area contributed by atoms with Crippen molar-refractivity contribution in [3.05, 3.63) is 36.7 Å². The average molecular weight is 285 g/mol. The predicted octanol–water partition coefficient (Wildman–Crippen LogP) is 4.88. The standard InChI is InChI=1S/C18H27N3/c1-2-3-4-5-6-7-10-13-21-15-16(14-20-21)17-11-8-9-12-18(17)19/h8-9,11-12,14-15H,2-7,10,13,19H2,1H3. The van der Waals surface area contributed by atoms with Crippen molar-refractivity contribution in [2.45, 2.75) is 58.4 Å². The van der Waals surface area contributed by atoms with Gasteiger partial charge in [0.05, 0.1) is 6.20 Å². The van der Waals surface area contributed by atoms with E-state index in [2.05, 4.69) is 18.2 Å². The smallest absolute Gasteiger partial charge is 0.0569 e. The Morgan fingerprint density at radius 2 is 1.71 bits per heavy atom. The monoisotopic (exact) mass is 285 g/mol. The fourth-order valence-corrected chi connectivity index (χ4v) is 2.62. The molecule has 1 aromatic carbocycles. The Kier molecular flexibility index (Phi) is 6.32. The number of aryl methyl sites for hydroxylation is 1. The fourth-order valence-electron chi connectivity index (χ4n) is 2.62. The van der Waals surface area contributed by atoms with Gasteiger partial charge >= 0.3 is 0 Å². The summed E-state index contributed by atoms with van der Waals surface area (Å²) in [6, 6.07) is 7.95. The Labute approximate surface area is 128 Å². The molecule has 0 atom stereocenters. The number of nitrogens with two attached hydrogens (primary N) is 1. The van der Waals surface area contributed by atoms with E-state index in [0.29, 0.717) is 0 Å². The third-order valence-electron chi connectivity index (χ3n) is 3.90. The van der Waals surface area contributed by atoms with Gasteiger partial charge in [0.15, 0.2) is 0 Å². The van der Waals surface area contributed by atoms with Crippen LogP contribution in [0.4, 0.5) is 5.69 Å². The summed E-state index contributed by atoms with van der Waals surface area (Å²) in [6.45, 7) is 3.26. The minimum atomic E-state index is 0.813. The quantitative estimate of drug-likeness (QED) is 0.527. The summed E-state index contributed by atoms with van der Waals surface area (Å²) in [5.41, 5.74) is 9.00. The van der Waals surface area contributed by atoms with Crippen molar-refractivity contribution in [1.82, 2.24) is 9.78 Å². The zero-order chi connectivity index (χ0) is 14.9. The zero-order valence-corrected chi connectivity index (χ0v) is 13.1. The van der Waals surface area contributed by atoms with Gasteiger partial charge in [-0.15, -0.1) is 0 Å². The van der Waals surface area contributed by atoms with E-state index in [1.165, 1.54) is 44.9 Å². The summed E-state index contributed by atoms with van der Waals surface area (Å²) in [5.74, 6) is 0. The molecule has 0 unspecified atom stereocenters. The van der Waals surface area contributed by atoms with Crippen molar-refractivity contribution in [2.24, 2.45) is 0 Å². The summed E-state index contributed by atoms with van der Waals surface area (Å²) in [6.07, 6.45) is 13.3. The molecule has 1 heterocycles. The topological polar surface area (TPSA) is 43.8 Å². The van der Waals surface area contributed by atoms with E-state index in [0.717, 1.165) is 23.4 Å². The number of unbranched alkanes of at least 4 members (excludes halogenated alkanes) is 6. The van der Waals surface area contributed by atoms with Crippen molar-refractivity contribution in [3.8, 4) is 11.1 Å². The highest BCUT2D eigenvalue weighted by Gasteiger charge is 2.04. The van der Waals surface area contributed by atoms with Crippen LogP contribution in [0.1, 0.15) is 51.9 Å². The van der Waals surface area contributed by atoms with Gasteiger partial charge in [0.1, 0.15) is 0 Å². The first-order valence-corrected chi connectivity index (χ1v) is 8.18. The molecule has 2 aromatic rings. The molecule has 0 aliphatic carbocycles. The molecular weight excluding hydrogens is 258 g/mol. The van der Waals surface area contributed by atoms with Gasteiger partial charge in [0.25, 0.3) is 0 Å².